The Bertz CT molecular complexity index is 1800. The summed E-state index contributed by atoms with van der Waals surface area (Å²) in [6.07, 6.45) is 40.1. The van der Waals surface area contributed by atoms with Crippen molar-refractivity contribution < 1.29 is 89.4 Å². The number of amides is 1. The van der Waals surface area contributed by atoms with Gasteiger partial charge in [0.25, 0.3) is 0 Å². The summed E-state index contributed by atoms with van der Waals surface area (Å²) < 4.78 is 34.4. The molecule has 554 valence electrons. The van der Waals surface area contributed by atoms with E-state index >= 15 is 0 Å². The molecule has 0 radical (unpaired) electrons. The van der Waals surface area contributed by atoms with Crippen LogP contribution in [-0.4, -0.2) is 193 Å². The number of hydrogen-bond acceptors (Lipinski definition) is 18. The Balaban J connectivity index is 1.40. The monoisotopic (exact) mass is 1340 g/mol. The summed E-state index contributed by atoms with van der Waals surface area (Å²) in [5.41, 5.74) is 0. The molecule has 0 saturated carbocycles. The summed E-state index contributed by atoms with van der Waals surface area (Å²) in [5.74, 6) is -0.270. The maximum Gasteiger partial charge on any atom is 0.220 e. The number of aliphatic hydroxyl groups excluding tert-OH is 11. The number of carbonyl (C=O) groups excluding carboxylic acids is 1. The number of aliphatic hydroxyl groups is 11. The number of carbonyl (C=O) groups is 1. The smallest absolute Gasteiger partial charge is 0.220 e. The second-order valence-electron chi connectivity index (χ2n) is 27.8. The van der Waals surface area contributed by atoms with Crippen LogP contribution >= 0.6 is 0 Å². The first kappa shape index (κ1) is 86.5. The van der Waals surface area contributed by atoms with Crippen LogP contribution in [0.15, 0.2) is 24.3 Å². The molecule has 0 spiro atoms. The average molecular weight is 1340 g/mol. The van der Waals surface area contributed by atoms with Crippen LogP contribution in [0.25, 0.3) is 0 Å². The molecule has 0 aliphatic carbocycles. The highest BCUT2D eigenvalue weighted by Crippen LogP contribution is 2.33. The summed E-state index contributed by atoms with van der Waals surface area (Å²) in [7, 11) is 0. The van der Waals surface area contributed by atoms with E-state index in [2.05, 4.69) is 31.3 Å². The molecule has 1 amide bonds. The number of unbranched alkanes of at least 4 members (excludes halogenated alkanes) is 43. The fourth-order valence-electron chi connectivity index (χ4n) is 13.2. The molecule has 17 atom stereocenters. The highest BCUT2D eigenvalue weighted by Gasteiger charge is 2.53. The van der Waals surface area contributed by atoms with Crippen molar-refractivity contribution in [3.8, 4) is 0 Å². The van der Waals surface area contributed by atoms with Crippen LogP contribution < -0.4 is 5.32 Å². The Morgan fingerprint density at radius 3 is 1.03 bits per heavy atom. The van der Waals surface area contributed by atoms with E-state index in [9.17, 15) is 61.0 Å². The number of allylic oxidation sites excluding steroid dienone is 3. The van der Waals surface area contributed by atoms with E-state index in [1.54, 1.807) is 6.08 Å². The summed E-state index contributed by atoms with van der Waals surface area (Å²) in [6.45, 7) is 1.78. The lowest BCUT2D eigenvalue weighted by molar-refractivity contribution is -0.379. The molecule has 3 aliphatic heterocycles. The van der Waals surface area contributed by atoms with Crippen molar-refractivity contribution in [2.24, 2.45) is 0 Å². The van der Waals surface area contributed by atoms with Gasteiger partial charge in [0.15, 0.2) is 18.9 Å². The van der Waals surface area contributed by atoms with Gasteiger partial charge < -0.3 is 89.9 Å². The van der Waals surface area contributed by atoms with Gasteiger partial charge in [0.2, 0.25) is 5.91 Å². The lowest BCUT2D eigenvalue weighted by Gasteiger charge is -2.48. The minimum Gasteiger partial charge on any atom is -0.394 e. The maximum atomic E-state index is 13.5. The van der Waals surface area contributed by atoms with Crippen molar-refractivity contribution >= 4 is 5.91 Å². The highest BCUT2D eigenvalue weighted by molar-refractivity contribution is 5.76. The number of hydrogen-bond donors (Lipinski definition) is 12. The molecule has 12 N–H and O–H groups in total. The fourth-order valence-corrected chi connectivity index (χ4v) is 13.2. The van der Waals surface area contributed by atoms with Gasteiger partial charge in [-0.15, -0.1) is 0 Å². The molecule has 19 nitrogen and oxygen atoms in total. The quantitative estimate of drug-likeness (QED) is 0.0199. The Labute approximate surface area is 568 Å². The van der Waals surface area contributed by atoms with Gasteiger partial charge in [-0.05, 0) is 44.9 Å². The highest BCUT2D eigenvalue weighted by atomic mass is 16.8. The number of ether oxygens (including phenoxy) is 6. The lowest BCUT2D eigenvalue weighted by Crippen LogP contribution is -2.66. The Hall–Kier alpha value is -1.73. The van der Waals surface area contributed by atoms with E-state index < -0.39 is 124 Å². The summed E-state index contributed by atoms with van der Waals surface area (Å²) in [4.78, 5) is 13.5. The third kappa shape index (κ3) is 37.6. The third-order valence-electron chi connectivity index (χ3n) is 19.5. The summed E-state index contributed by atoms with van der Waals surface area (Å²) in [6, 6.07) is -0.972. The van der Waals surface area contributed by atoms with Gasteiger partial charge in [-0.1, -0.05) is 289 Å². The SMILES string of the molecule is CCCCCCCCCC/C=C\CCCCCCCCCCCCCCCC(=O)NC(COC1OC(CO)C(OC2OC(CO)C(OC3OC(CO)C(O)C(O)C3O)C(O)C2O)C(O)C1O)C(O)/C=C/CCCCCCCCCCCCCCCCCCCCCCCC. The van der Waals surface area contributed by atoms with Gasteiger partial charge in [-0.3, -0.25) is 4.79 Å². The first-order chi connectivity index (χ1) is 45.8. The molecule has 0 aromatic carbocycles. The van der Waals surface area contributed by atoms with Crippen LogP contribution in [-0.2, 0) is 33.2 Å². The predicted molar refractivity (Wildman–Crippen MR) is 370 cm³/mol. The number of nitrogens with one attached hydrogen (secondary N) is 1. The van der Waals surface area contributed by atoms with Crippen LogP contribution in [0.4, 0.5) is 0 Å². The van der Waals surface area contributed by atoms with E-state index in [0.717, 1.165) is 44.9 Å². The molecule has 0 aromatic rings. The van der Waals surface area contributed by atoms with Crippen molar-refractivity contribution in [3.05, 3.63) is 24.3 Å². The van der Waals surface area contributed by atoms with Crippen LogP contribution in [0.2, 0.25) is 0 Å². The van der Waals surface area contributed by atoms with Crippen LogP contribution in [0.1, 0.15) is 316 Å². The van der Waals surface area contributed by atoms with E-state index in [-0.39, 0.29) is 18.9 Å². The Kier molecular flexibility index (Phi) is 52.4. The fraction of sp³-hybridized carbons (Fsp3) is 0.933. The molecule has 94 heavy (non-hydrogen) atoms. The Morgan fingerprint density at radius 1 is 0.372 bits per heavy atom. The van der Waals surface area contributed by atoms with Crippen molar-refractivity contribution in [3.63, 3.8) is 0 Å². The van der Waals surface area contributed by atoms with E-state index in [4.69, 9.17) is 28.4 Å². The first-order valence-electron chi connectivity index (χ1n) is 38.6. The normalized spacial score (nSPS) is 27.4. The second-order valence-corrected chi connectivity index (χ2v) is 27.8. The number of rotatable bonds is 61. The van der Waals surface area contributed by atoms with Crippen molar-refractivity contribution in [1.29, 1.82) is 0 Å². The molecule has 3 saturated heterocycles. The topological polar surface area (TPSA) is 307 Å². The molecule has 3 rings (SSSR count). The van der Waals surface area contributed by atoms with Crippen molar-refractivity contribution in [1.82, 2.24) is 5.32 Å². The van der Waals surface area contributed by atoms with Crippen LogP contribution in [0.3, 0.4) is 0 Å². The first-order valence-corrected chi connectivity index (χ1v) is 38.6. The van der Waals surface area contributed by atoms with Gasteiger partial charge in [-0.25, -0.2) is 0 Å². The molecular weight excluding hydrogens is 1200 g/mol. The summed E-state index contributed by atoms with van der Waals surface area (Å²) >= 11 is 0. The summed E-state index contributed by atoms with van der Waals surface area (Å²) in [5, 5.41) is 121. The predicted octanol–water partition coefficient (Wildman–Crippen LogP) is 11.8. The van der Waals surface area contributed by atoms with Crippen LogP contribution in [0.5, 0.6) is 0 Å². The second kappa shape index (κ2) is 57.0. The molecule has 3 fully saturated rings. The molecule has 3 aliphatic rings. The standard InChI is InChI=1S/C75H141NO18/c1-3-5-7-9-11-13-15-17-19-21-23-25-27-29-31-33-35-37-39-41-43-45-47-49-51-53-63(81)76-58(59(80)52-50-48-46-44-42-40-38-36-34-32-30-28-26-24-22-20-18-16-14-12-10-8-6-4-2)57-89-73-69(87)66(84)71(61(55-78)91-73)94-75-70(88)67(85)72(62(56-79)92-75)93-74-68(86)65(83)64(82)60(54-77)90-74/h21,23,50,52,58-62,64-75,77-80,82-88H,3-20,22,24-49,51,53-57H2,1-2H3,(H,76,81)/b23-21-,52-50+. The van der Waals surface area contributed by atoms with Gasteiger partial charge >= 0.3 is 0 Å². The molecule has 19 heteroatoms. The molecule has 3 heterocycles. The van der Waals surface area contributed by atoms with Crippen LogP contribution in [0, 0.1) is 0 Å². The minimum atomic E-state index is -1.98. The van der Waals surface area contributed by atoms with Crippen molar-refractivity contribution in [2.75, 3.05) is 26.4 Å². The molecule has 0 aromatic heterocycles. The van der Waals surface area contributed by atoms with Gasteiger partial charge in [-0.2, -0.15) is 0 Å². The minimum absolute atomic E-state index is 0.246. The van der Waals surface area contributed by atoms with E-state index in [0.29, 0.717) is 6.42 Å². The van der Waals surface area contributed by atoms with Gasteiger partial charge in [0, 0.05) is 6.42 Å². The third-order valence-corrected chi connectivity index (χ3v) is 19.5. The van der Waals surface area contributed by atoms with Crippen molar-refractivity contribution in [2.45, 2.75) is 420 Å². The largest absolute Gasteiger partial charge is 0.394 e. The lowest BCUT2D eigenvalue weighted by atomic mass is 9.96. The molecule has 17 unspecified atom stereocenters. The van der Waals surface area contributed by atoms with Gasteiger partial charge in [0.05, 0.1) is 38.6 Å². The molecule has 0 bridgehead atoms. The Morgan fingerprint density at radius 2 is 0.670 bits per heavy atom. The van der Waals surface area contributed by atoms with E-state index in [1.807, 2.05) is 6.08 Å². The zero-order valence-electron chi connectivity index (χ0n) is 59.0. The zero-order valence-corrected chi connectivity index (χ0v) is 59.0. The van der Waals surface area contributed by atoms with E-state index in [1.165, 1.54) is 244 Å². The zero-order chi connectivity index (χ0) is 68.2. The maximum absolute atomic E-state index is 13.5. The molecular formula is C75H141NO18. The average Bonchev–Trinajstić information content (AvgIpc) is 0.788. The van der Waals surface area contributed by atoms with Gasteiger partial charge in [0.1, 0.15) is 73.2 Å².